The van der Waals surface area contributed by atoms with E-state index in [1.165, 1.54) is 75.6 Å². The van der Waals surface area contributed by atoms with Gasteiger partial charge in [0, 0.05) is 0 Å². The molecule has 0 aromatic heterocycles. The fraction of sp³-hybridized carbons (Fsp3) is 1.00. The van der Waals surface area contributed by atoms with Crippen molar-refractivity contribution in [3.05, 3.63) is 0 Å². The Balaban J connectivity index is 0. The van der Waals surface area contributed by atoms with Crippen molar-refractivity contribution in [2.24, 2.45) is 0 Å². The standard InChI is InChI=1S/C15H34N.BrH/c1-5-9-10-11-12-13-14-15-16(6-2,7-3)8-4;/h5-15H2,1-4H3;1H/q+1;/p-1. The second-order valence-corrected chi connectivity index (χ2v) is 5.14. The van der Waals surface area contributed by atoms with Crippen LogP contribution in [-0.4, -0.2) is 30.7 Å². The van der Waals surface area contributed by atoms with Gasteiger partial charge in [-0.25, -0.2) is 0 Å². The molecule has 0 N–H and O–H groups in total. The average molecular weight is 308 g/mol. The van der Waals surface area contributed by atoms with Crippen molar-refractivity contribution in [3.63, 3.8) is 0 Å². The van der Waals surface area contributed by atoms with Crippen molar-refractivity contribution < 1.29 is 21.5 Å². The maximum absolute atomic E-state index is 2.34. The molecule has 0 aliphatic rings. The molecule has 0 aromatic rings. The number of rotatable bonds is 11. The van der Waals surface area contributed by atoms with Crippen molar-refractivity contribution in [1.82, 2.24) is 0 Å². The topological polar surface area (TPSA) is 0 Å². The van der Waals surface area contributed by atoms with Crippen LogP contribution >= 0.6 is 0 Å². The Kier molecular flexibility index (Phi) is 15.0. The van der Waals surface area contributed by atoms with Crippen LogP contribution in [0.25, 0.3) is 0 Å². The van der Waals surface area contributed by atoms with Crippen LogP contribution in [0, 0.1) is 0 Å². The molecule has 106 valence electrons. The Morgan fingerprint density at radius 1 is 0.588 bits per heavy atom. The van der Waals surface area contributed by atoms with E-state index in [1.807, 2.05) is 0 Å². The molecule has 0 aromatic carbocycles. The van der Waals surface area contributed by atoms with Crippen molar-refractivity contribution >= 4 is 0 Å². The average Bonchev–Trinajstić information content (AvgIpc) is 2.34. The highest BCUT2D eigenvalue weighted by molar-refractivity contribution is 4.46. The van der Waals surface area contributed by atoms with E-state index in [2.05, 4.69) is 27.7 Å². The Hall–Kier alpha value is 0.440. The summed E-state index contributed by atoms with van der Waals surface area (Å²) in [6, 6.07) is 0. The summed E-state index contributed by atoms with van der Waals surface area (Å²) < 4.78 is 1.33. The lowest BCUT2D eigenvalue weighted by Gasteiger charge is -2.35. The fourth-order valence-electron chi connectivity index (χ4n) is 2.55. The first-order valence-electron chi connectivity index (χ1n) is 7.59. The molecule has 2 heteroatoms. The maximum Gasteiger partial charge on any atom is 0.0786 e. The van der Waals surface area contributed by atoms with Gasteiger partial charge in [0.2, 0.25) is 0 Å². The molecule has 0 radical (unpaired) electrons. The third-order valence-electron chi connectivity index (χ3n) is 4.25. The minimum atomic E-state index is 0. The minimum absolute atomic E-state index is 0. The van der Waals surface area contributed by atoms with Gasteiger partial charge in [0.25, 0.3) is 0 Å². The third-order valence-corrected chi connectivity index (χ3v) is 4.25. The smallest absolute Gasteiger partial charge is 0.0786 e. The number of hydrogen-bond donors (Lipinski definition) is 0. The summed E-state index contributed by atoms with van der Waals surface area (Å²) in [5.41, 5.74) is 0. The molecule has 0 saturated carbocycles. The number of unbranched alkanes of at least 4 members (excludes halogenated alkanes) is 6. The Morgan fingerprint density at radius 3 is 1.41 bits per heavy atom. The van der Waals surface area contributed by atoms with E-state index >= 15 is 0 Å². The van der Waals surface area contributed by atoms with Crippen LogP contribution in [0.4, 0.5) is 0 Å². The van der Waals surface area contributed by atoms with E-state index < -0.39 is 0 Å². The van der Waals surface area contributed by atoms with Crippen LogP contribution in [-0.2, 0) is 0 Å². The van der Waals surface area contributed by atoms with Gasteiger partial charge < -0.3 is 21.5 Å². The monoisotopic (exact) mass is 307 g/mol. The van der Waals surface area contributed by atoms with E-state index in [4.69, 9.17) is 0 Å². The zero-order chi connectivity index (χ0) is 12.3. The molecule has 0 heterocycles. The minimum Gasteiger partial charge on any atom is -1.00 e. The first-order chi connectivity index (χ1) is 7.74. The number of quaternary nitrogens is 1. The summed E-state index contributed by atoms with van der Waals surface area (Å²) in [4.78, 5) is 0. The summed E-state index contributed by atoms with van der Waals surface area (Å²) in [6.07, 6.45) is 10.0. The molecule has 0 aliphatic carbocycles. The van der Waals surface area contributed by atoms with Gasteiger partial charge in [0.1, 0.15) is 0 Å². The zero-order valence-corrected chi connectivity index (χ0v) is 14.2. The molecule has 0 amide bonds. The number of nitrogens with zero attached hydrogens (tertiary/aromatic N) is 1. The lowest BCUT2D eigenvalue weighted by molar-refractivity contribution is -0.923. The second-order valence-electron chi connectivity index (χ2n) is 5.14. The van der Waals surface area contributed by atoms with E-state index in [-0.39, 0.29) is 17.0 Å². The molecule has 0 bridgehead atoms. The molecule has 0 saturated heterocycles. The lowest BCUT2D eigenvalue weighted by Crippen LogP contribution is -3.00. The molecule has 0 unspecified atom stereocenters. The van der Waals surface area contributed by atoms with Gasteiger partial charge in [-0.1, -0.05) is 39.0 Å². The van der Waals surface area contributed by atoms with E-state index in [0.29, 0.717) is 0 Å². The Labute approximate surface area is 120 Å². The van der Waals surface area contributed by atoms with Crippen LogP contribution in [0.5, 0.6) is 0 Å². The highest BCUT2D eigenvalue weighted by Gasteiger charge is 2.19. The number of hydrogen-bond acceptors (Lipinski definition) is 0. The first-order valence-corrected chi connectivity index (χ1v) is 7.59. The number of halogens is 1. The van der Waals surface area contributed by atoms with Crippen LogP contribution in [0.2, 0.25) is 0 Å². The van der Waals surface area contributed by atoms with Crippen LogP contribution < -0.4 is 17.0 Å². The maximum atomic E-state index is 2.34. The molecular formula is C15H34BrN. The van der Waals surface area contributed by atoms with Gasteiger partial charge in [0.15, 0.2) is 0 Å². The predicted octanol–water partition coefficient (Wildman–Crippen LogP) is 1.62. The van der Waals surface area contributed by atoms with Crippen LogP contribution in [0.15, 0.2) is 0 Å². The Bertz CT molecular complexity index is 136. The molecule has 0 atom stereocenters. The molecule has 0 rings (SSSR count). The molecule has 0 aliphatic heterocycles. The van der Waals surface area contributed by atoms with Crippen LogP contribution in [0.3, 0.4) is 0 Å². The first kappa shape index (κ1) is 19.8. The summed E-state index contributed by atoms with van der Waals surface area (Å²) in [5, 5.41) is 0. The summed E-state index contributed by atoms with van der Waals surface area (Å²) >= 11 is 0. The highest BCUT2D eigenvalue weighted by Crippen LogP contribution is 2.12. The van der Waals surface area contributed by atoms with E-state index in [0.717, 1.165) is 0 Å². The molecule has 0 fully saturated rings. The Morgan fingerprint density at radius 2 is 1.00 bits per heavy atom. The lowest BCUT2D eigenvalue weighted by atomic mass is 10.1. The fourth-order valence-corrected chi connectivity index (χ4v) is 2.55. The predicted molar refractivity (Wildman–Crippen MR) is 74.7 cm³/mol. The molecule has 0 spiro atoms. The van der Waals surface area contributed by atoms with Gasteiger partial charge in [-0.3, -0.25) is 0 Å². The van der Waals surface area contributed by atoms with Crippen molar-refractivity contribution in [3.8, 4) is 0 Å². The van der Waals surface area contributed by atoms with E-state index in [9.17, 15) is 0 Å². The SMILES string of the molecule is CCCCCCCCC[N+](CC)(CC)CC.[Br-]. The quantitative estimate of drug-likeness (QED) is 0.402. The summed E-state index contributed by atoms with van der Waals surface area (Å²) in [7, 11) is 0. The van der Waals surface area contributed by atoms with Crippen LogP contribution in [0.1, 0.15) is 72.6 Å². The zero-order valence-electron chi connectivity index (χ0n) is 12.6. The van der Waals surface area contributed by atoms with Crippen molar-refractivity contribution in [1.29, 1.82) is 0 Å². The second kappa shape index (κ2) is 12.9. The van der Waals surface area contributed by atoms with Crippen molar-refractivity contribution in [2.45, 2.75) is 72.6 Å². The van der Waals surface area contributed by atoms with Gasteiger partial charge in [0.05, 0.1) is 26.2 Å². The highest BCUT2D eigenvalue weighted by atomic mass is 79.9. The van der Waals surface area contributed by atoms with E-state index in [1.54, 1.807) is 0 Å². The van der Waals surface area contributed by atoms with Gasteiger partial charge in [-0.15, -0.1) is 0 Å². The van der Waals surface area contributed by atoms with Crippen molar-refractivity contribution in [2.75, 3.05) is 26.2 Å². The molecule has 17 heavy (non-hydrogen) atoms. The van der Waals surface area contributed by atoms with Gasteiger partial charge in [-0.2, -0.15) is 0 Å². The summed E-state index contributed by atoms with van der Waals surface area (Å²) in [6.45, 7) is 14.6. The van der Waals surface area contributed by atoms with Gasteiger partial charge in [-0.05, 0) is 33.6 Å². The molecule has 1 nitrogen and oxygen atoms in total. The largest absolute Gasteiger partial charge is 1.00 e. The molecular weight excluding hydrogens is 274 g/mol. The third kappa shape index (κ3) is 9.07. The normalized spacial score (nSPS) is 11.3. The van der Waals surface area contributed by atoms with Gasteiger partial charge >= 0.3 is 0 Å². The summed E-state index contributed by atoms with van der Waals surface area (Å²) in [5.74, 6) is 0.